The van der Waals surface area contributed by atoms with Crippen LogP contribution in [0.25, 0.3) is 5.69 Å². The number of carbonyl (C=O) groups excluding carboxylic acids is 2. The quantitative estimate of drug-likeness (QED) is 0.283. The molecule has 0 unspecified atom stereocenters. The number of rotatable bonds is 10. The summed E-state index contributed by atoms with van der Waals surface area (Å²) < 4.78 is 27.3. The van der Waals surface area contributed by atoms with E-state index in [4.69, 9.17) is 21.1 Å². The molecule has 5 rings (SSSR count). The van der Waals surface area contributed by atoms with Crippen LogP contribution in [0.3, 0.4) is 0 Å². The molecule has 2 N–H and O–H groups in total. The van der Waals surface area contributed by atoms with Crippen LogP contribution in [0.4, 0.5) is 15.9 Å². The average Bonchev–Trinajstić information content (AvgIpc) is 3.70. The zero-order valence-corrected chi connectivity index (χ0v) is 22.7. The monoisotopic (exact) mass is 576 g/mol. The van der Waals surface area contributed by atoms with Crippen LogP contribution in [0, 0.1) is 23.6 Å². The number of nitrogens with zero attached hydrogens (tertiary/aromatic N) is 2. The number of carbonyl (C=O) groups is 2. The highest BCUT2D eigenvalue weighted by Crippen LogP contribution is 2.48. The van der Waals surface area contributed by atoms with Crippen molar-refractivity contribution in [1.29, 1.82) is 0 Å². The summed E-state index contributed by atoms with van der Waals surface area (Å²) in [6, 6.07) is 19.2. The Kier molecular flexibility index (Phi) is 8.42. The predicted octanol–water partition coefficient (Wildman–Crippen LogP) is 4.69. The molecule has 11 heteroatoms. The molecule has 2 aromatic carbocycles. The number of methoxy groups -OCH3 is 1. The second-order valence-corrected chi connectivity index (χ2v) is 9.93. The van der Waals surface area contributed by atoms with Crippen molar-refractivity contribution in [3.8, 4) is 11.4 Å². The van der Waals surface area contributed by atoms with Crippen molar-refractivity contribution >= 4 is 34.9 Å². The molecule has 4 aromatic rings. The van der Waals surface area contributed by atoms with E-state index < -0.39 is 35.4 Å². The maximum Gasteiger partial charge on any atom is 0.255 e. The van der Waals surface area contributed by atoms with Gasteiger partial charge >= 0.3 is 0 Å². The lowest BCUT2D eigenvalue weighted by Gasteiger charge is -2.10. The standard InChI is InChI=1S/C30H26ClFN4O5/c1-40-21-9-5-18(6-10-21)16-41-17-22-27(28(22)30(39)35-25-12-7-19(31)15-33-25)29(38)34-24-11-8-20(14-23(24)32)36-13-3-2-4-26(36)37/h2-15,22,27-28H,16-17H2,1H3,(H,34,38)(H,33,35,39)/t22-,27-,28+/m1/s1. The van der Waals surface area contributed by atoms with Crippen LogP contribution in [0.5, 0.6) is 5.75 Å². The minimum Gasteiger partial charge on any atom is -0.497 e. The predicted molar refractivity (Wildman–Crippen MR) is 152 cm³/mol. The van der Waals surface area contributed by atoms with Crippen LogP contribution in [-0.4, -0.2) is 35.1 Å². The van der Waals surface area contributed by atoms with Crippen molar-refractivity contribution < 1.29 is 23.5 Å². The van der Waals surface area contributed by atoms with Crippen molar-refractivity contribution in [1.82, 2.24) is 9.55 Å². The first-order valence-corrected chi connectivity index (χ1v) is 13.1. The average molecular weight is 577 g/mol. The smallest absolute Gasteiger partial charge is 0.255 e. The van der Waals surface area contributed by atoms with Gasteiger partial charge < -0.3 is 20.1 Å². The van der Waals surface area contributed by atoms with E-state index in [9.17, 15) is 18.8 Å². The van der Waals surface area contributed by atoms with Crippen LogP contribution in [0.15, 0.2) is 90.0 Å². The Morgan fingerprint density at radius 2 is 1.76 bits per heavy atom. The van der Waals surface area contributed by atoms with E-state index in [0.717, 1.165) is 17.4 Å². The Bertz CT molecular complexity index is 1610. The topological polar surface area (TPSA) is 112 Å². The first-order chi connectivity index (χ1) is 19.8. The minimum atomic E-state index is -0.756. The van der Waals surface area contributed by atoms with Crippen molar-refractivity contribution in [3.05, 3.63) is 112 Å². The second-order valence-electron chi connectivity index (χ2n) is 9.49. The summed E-state index contributed by atoms with van der Waals surface area (Å²) in [5, 5.41) is 5.72. The number of pyridine rings is 2. The molecular formula is C30H26ClFN4O5. The van der Waals surface area contributed by atoms with Gasteiger partial charge in [0.15, 0.2) is 0 Å². The van der Waals surface area contributed by atoms with Gasteiger partial charge in [0, 0.05) is 30.4 Å². The van der Waals surface area contributed by atoms with Gasteiger partial charge in [-0.05, 0) is 48.0 Å². The van der Waals surface area contributed by atoms with Crippen LogP contribution in [0.2, 0.25) is 5.02 Å². The van der Waals surface area contributed by atoms with E-state index in [1.54, 1.807) is 31.4 Å². The molecule has 1 aliphatic carbocycles. The molecule has 2 aromatic heterocycles. The summed E-state index contributed by atoms with van der Waals surface area (Å²) in [7, 11) is 1.58. The third-order valence-corrected chi connectivity index (χ3v) is 7.03. The lowest BCUT2D eigenvalue weighted by molar-refractivity contribution is -0.122. The Hall–Kier alpha value is -4.54. The van der Waals surface area contributed by atoms with Crippen molar-refractivity contribution in [3.63, 3.8) is 0 Å². The molecule has 9 nitrogen and oxygen atoms in total. The highest BCUT2D eigenvalue weighted by molar-refractivity contribution is 6.30. The van der Waals surface area contributed by atoms with Crippen molar-refractivity contribution in [2.24, 2.45) is 17.8 Å². The summed E-state index contributed by atoms with van der Waals surface area (Å²) >= 11 is 5.88. The number of nitrogens with one attached hydrogen (secondary N) is 2. The number of hydrogen-bond donors (Lipinski definition) is 2. The van der Waals surface area contributed by atoms with Crippen molar-refractivity contribution in [2.75, 3.05) is 24.4 Å². The zero-order valence-electron chi connectivity index (χ0n) is 21.9. The molecule has 0 bridgehead atoms. The molecule has 2 amide bonds. The highest BCUT2D eigenvalue weighted by Gasteiger charge is 2.59. The fourth-order valence-corrected chi connectivity index (χ4v) is 4.71. The van der Waals surface area contributed by atoms with Crippen molar-refractivity contribution in [2.45, 2.75) is 6.61 Å². The van der Waals surface area contributed by atoms with E-state index in [0.29, 0.717) is 16.5 Å². The molecule has 0 aliphatic heterocycles. The molecule has 1 saturated carbocycles. The summed E-state index contributed by atoms with van der Waals surface area (Å²) in [4.78, 5) is 42.5. The second kappa shape index (κ2) is 12.3. The molecule has 0 spiro atoms. The Balaban J connectivity index is 1.28. The third-order valence-electron chi connectivity index (χ3n) is 6.80. The largest absolute Gasteiger partial charge is 0.497 e. The molecule has 210 valence electrons. The molecule has 0 radical (unpaired) electrons. The van der Waals surface area contributed by atoms with Gasteiger partial charge in [-0.15, -0.1) is 0 Å². The first kappa shape index (κ1) is 28.0. The van der Waals surface area contributed by atoms with Crippen LogP contribution in [0.1, 0.15) is 5.56 Å². The number of anilines is 2. The van der Waals surface area contributed by atoms with Gasteiger partial charge in [0.1, 0.15) is 17.4 Å². The van der Waals surface area contributed by atoms with E-state index in [-0.39, 0.29) is 24.5 Å². The SMILES string of the molecule is COc1ccc(COC[C@@H]2[C@@H](C(=O)Nc3ccc(-n4ccccc4=O)cc3F)[C@H]2C(=O)Nc2ccc(Cl)cn2)cc1. The third kappa shape index (κ3) is 6.62. The van der Waals surface area contributed by atoms with E-state index in [1.165, 1.54) is 35.2 Å². The van der Waals surface area contributed by atoms with Gasteiger partial charge in [-0.25, -0.2) is 9.37 Å². The number of halogens is 2. The Morgan fingerprint density at radius 1 is 1.00 bits per heavy atom. The van der Waals surface area contributed by atoms with Gasteiger partial charge in [0.05, 0.1) is 48.6 Å². The zero-order chi connectivity index (χ0) is 28.9. The van der Waals surface area contributed by atoms with Crippen LogP contribution >= 0.6 is 11.6 Å². The molecule has 3 atom stereocenters. The number of aromatic nitrogens is 2. The maximum absolute atomic E-state index is 15.0. The number of amides is 2. The molecule has 2 heterocycles. The number of hydrogen-bond acceptors (Lipinski definition) is 6. The van der Waals surface area contributed by atoms with Gasteiger partial charge in [-0.1, -0.05) is 29.8 Å². The first-order valence-electron chi connectivity index (χ1n) is 12.8. The summed E-state index contributed by atoms with van der Waals surface area (Å²) in [6.45, 7) is 0.408. The number of benzene rings is 2. The van der Waals surface area contributed by atoms with Gasteiger partial charge in [0.2, 0.25) is 11.8 Å². The van der Waals surface area contributed by atoms with Gasteiger partial charge in [-0.2, -0.15) is 0 Å². The van der Waals surface area contributed by atoms with Gasteiger partial charge in [0.25, 0.3) is 5.56 Å². The summed E-state index contributed by atoms with van der Waals surface area (Å²) in [6.07, 6.45) is 2.93. The van der Waals surface area contributed by atoms with Crippen LogP contribution < -0.4 is 20.9 Å². The van der Waals surface area contributed by atoms with E-state index in [2.05, 4.69) is 15.6 Å². The molecule has 1 aliphatic rings. The Morgan fingerprint density at radius 3 is 2.41 bits per heavy atom. The lowest BCUT2D eigenvalue weighted by atomic mass is 10.2. The molecular weight excluding hydrogens is 551 g/mol. The van der Waals surface area contributed by atoms with Gasteiger partial charge in [-0.3, -0.25) is 19.0 Å². The van der Waals surface area contributed by atoms with E-state index in [1.807, 2.05) is 24.3 Å². The Labute approximate surface area is 239 Å². The summed E-state index contributed by atoms with van der Waals surface area (Å²) in [5.74, 6) is -2.54. The number of ether oxygens (including phenoxy) is 2. The van der Waals surface area contributed by atoms with E-state index >= 15 is 0 Å². The molecule has 0 saturated heterocycles. The fraction of sp³-hybridized carbons (Fsp3) is 0.200. The highest BCUT2D eigenvalue weighted by atomic mass is 35.5. The summed E-state index contributed by atoms with van der Waals surface area (Å²) in [5.41, 5.74) is 0.836. The molecule has 1 fully saturated rings. The molecule has 41 heavy (non-hydrogen) atoms. The lowest BCUT2D eigenvalue weighted by Crippen LogP contribution is -2.21. The normalized spacial score (nSPS) is 17.5. The van der Waals surface area contributed by atoms with Crippen LogP contribution in [-0.2, 0) is 20.9 Å². The minimum absolute atomic E-state index is 0.0638. The fourth-order valence-electron chi connectivity index (χ4n) is 4.60. The maximum atomic E-state index is 15.0.